The summed E-state index contributed by atoms with van der Waals surface area (Å²) in [4.78, 5) is 18.0. The lowest BCUT2D eigenvalue weighted by molar-refractivity contribution is -0.132. The Morgan fingerprint density at radius 3 is 2.57 bits per heavy atom. The van der Waals surface area contributed by atoms with Crippen molar-refractivity contribution < 1.29 is 4.79 Å². The predicted octanol–water partition coefficient (Wildman–Crippen LogP) is 0.513. The molecule has 2 aromatic rings. The van der Waals surface area contributed by atoms with E-state index in [4.69, 9.17) is 0 Å². The highest BCUT2D eigenvalue weighted by Crippen LogP contribution is 2.22. The third-order valence-electron chi connectivity index (χ3n) is 3.92. The highest BCUT2D eigenvalue weighted by atomic mass is 16.2. The molecule has 1 aliphatic rings. The molecule has 1 aliphatic heterocycles. The van der Waals surface area contributed by atoms with Crippen LogP contribution in [0.1, 0.15) is 31.7 Å². The van der Waals surface area contributed by atoms with E-state index in [0.29, 0.717) is 12.5 Å². The summed E-state index contributed by atoms with van der Waals surface area (Å²) in [6, 6.07) is 0.416. The van der Waals surface area contributed by atoms with Crippen molar-refractivity contribution in [2.24, 2.45) is 0 Å². The van der Waals surface area contributed by atoms with Gasteiger partial charge in [0.15, 0.2) is 0 Å². The molecule has 8 heteroatoms. The van der Waals surface area contributed by atoms with Gasteiger partial charge in [0.05, 0.1) is 0 Å². The van der Waals surface area contributed by atoms with Crippen LogP contribution in [0.2, 0.25) is 0 Å². The zero-order valence-corrected chi connectivity index (χ0v) is 11.9. The van der Waals surface area contributed by atoms with Gasteiger partial charge in [0.2, 0.25) is 5.91 Å². The van der Waals surface area contributed by atoms with Gasteiger partial charge in [-0.1, -0.05) is 0 Å². The summed E-state index contributed by atoms with van der Waals surface area (Å²) >= 11 is 0. The molecule has 112 valence electrons. The Balaban J connectivity index is 1.40. The number of hydrogen-bond donors (Lipinski definition) is 0. The van der Waals surface area contributed by atoms with Crippen molar-refractivity contribution >= 4 is 5.91 Å². The van der Waals surface area contributed by atoms with Crippen molar-refractivity contribution in [3.63, 3.8) is 0 Å². The first-order chi connectivity index (χ1) is 10.3. The van der Waals surface area contributed by atoms with E-state index in [1.54, 1.807) is 23.7 Å². The number of amides is 1. The van der Waals surface area contributed by atoms with E-state index >= 15 is 0 Å². The molecule has 0 bridgehead atoms. The zero-order valence-electron chi connectivity index (χ0n) is 11.9. The zero-order chi connectivity index (χ0) is 14.5. The quantitative estimate of drug-likeness (QED) is 0.801. The van der Waals surface area contributed by atoms with Crippen molar-refractivity contribution in [2.75, 3.05) is 13.1 Å². The largest absolute Gasteiger partial charge is 0.343 e. The molecule has 0 unspecified atom stereocenters. The van der Waals surface area contributed by atoms with E-state index < -0.39 is 0 Å². The summed E-state index contributed by atoms with van der Waals surface area (Å²) in [6.07, 6.45) is 9.98. The second-order valence-corrected chi connectivity index (χ2v) is 5.28. The fourth-order valence-corrected chi connectivity index (χ4v) is 2.71. The smallest absolute Gasteiger partial charge is 0.222 e. The summed E-state index contributed by atoms with van der Waals surface area (Å²) in [5.41, 5.74) is 0. The number of carbonyl (C=O) groups excluding carboxylic acids is 1. The molecule has 0 aromatic carbocycles. The number of piperidine rings is 1. The fourth-order valence-electron chi connectivity index (χ4n) is 2.71. The van der Waals surface area contributed by atoms with E-state index in [0.717, 1.165) is 38.9 Å². The second-order valence-electron chi connectivity index (χ2n) is 5.28. The Morgan fingerprint density at radius 1 is 1.14 bits per heavy atom. The first-order valence-electron chi connectivity index (χ1n) is 7.27. The summed E-state index contributed by atoms with van der Waals surface area (Å²) in [5.74, 6) is 0.234. The highest BCUT2D eigenvalue weighted by Gasteiger charge is 2.23. The molecular formula is C13H19N7O. The number of aryl methyl sites for hydroxylation is 1. The molecule has 3 rings (SSSR count). The van der Waals surface area contributed by atoms with Crippen molar-refractivity contribution in [1.29, 1.82) is 0 Å². The van der Waals surface area contributed by atoms with Crippen LogP contribution in [-0.2, 0) is 11.3 Å². The van der Waals surface area contributed by atoms with Gasteiger partial charge in [-0.05, 0) is 19.3 Å². The molecule has 21 heavy (non-hydrogen) atoms. The molecule has 3 heterocycles. The van der Waals surface area contributed by atoms with Gasteiger partial charge in [-0.2, -0.15) is 5.10 Å². The van der Waals surface area contributed by atoms with Gasteiger partial charge in [-0.3, -0.25) is 9.48 Å². The van der Waals surface area contributed by atoms with Gasteiger partial charge in [0, 0.05) is 32.1 Å². The SMILES string of the molecule is O=C(CCCn1cncn1)N1CCC(n2cnnc2)CC1. The van der Waals surface area contributed by atoms with Crippen LogP contribution in [0.3, 0.4) is 0 Å². The molecule has 1 saturated heterocycles. The van der Waals surface area contributed by atoms with Crippen LogP contribution < -0.4 is 0 Å². The number of nitrogens with zero attached hydrogens (tertiary/aromatic N) is 7. The molecular weight excluding hydrogens is 270 g/mol. The molecule has 1 amide bonds. The molecule has 2 aromatic heterocycles. The summed E-state index contributed by atoms with van der Waals surface area (Å²) in [7, 11) is 0. The molecule has 0 atom stereocenters. The monoisotopic (exact) mass is 289 g/mol. The van der Waals surface area contributed by atoms with Crippen molar-refractivity contribution in [3.8, 4) is 0 Å². The van der Waals surface area contributed by atoms with Crippen molar-refractivity contribution in [1.82, 2.24) is 34.4 Å². The second kappa shape index (κ2) is 6.47. The lowest BCUT2D eigenvalue weighted by Crippen LogP contribution is -2.38. The Morgan fingerprint density at radius 2 is 1.90 bits per heavy atom. The third-order valence-corrected chi connectivity index (χ3v) is 3.92. The minimum atomic E-state index is 0.234. The average Bonchev–Trinajstić information content (AvgIpc) is 3.21. The summed E-state index contributed by atoms with van der Waals surface area (Å²) < 4.78 is 3.79. The normalized spacial score (nSPS) is 16.3. The van der Waals surface area contributed by atoms with Crippen LogP contribution in [-0.4, -0.2) is 53.4 Å². The van der Waals surface area contributed by atoms with Crippen LogP contribution in [0, 0.1) is 0 Å². The van der Waals surface area contributed by atoms with E-state index in [-0.39, 0.29) is 5.91 Å². The van der Waals surface area contributed by atoms with Crippen molar-refractivity contribution in [3.05, 3.63) is 25.3 Å². The molecule has 0 spiro atoms. The average molecular weight is 289 g/mol. The topological polar surface area (TPSA) is 81.7 Å². The maximum absolute atomic E-state index is 12.2. The van der Waals surface area contributed by atoms with Gasteiger partial charge in [0.1, 0.15) is 25.3 Å². The van der Waals surface area contributed by atoms with E-state index in [9.17, 15) is 4.79 Å². The van der Waals surface area contributed by atoms with Crippen LogP contribution in [0.4, 0.5) is 0 Å². The molecule has 0 aliphatic carbocycles. The third kappa shape index (κ3) is 3.45. The van der Waals surface area contributed by atoms with Crippen LogP contribution in [0.25, 0.3) is 0 Å². The van der Waals surface area contributed by atoms with E-state index in [1.165, 1.54) is 6.33 Å². The van der Waals surface area contributed by atoms with Gasteiger partial charge in [0.25, 0.3) is 0 Å². The number of likely N-dealkylation sites (tertiary alicyclic amines) is 1. The van der Waals surface area contributed by atoms with E-state index in [1.807, 2.05) is 9.47 Å². The molecule has 0 saturated carbocycles. The Hall–Kier alpha value is -2.25. The maximum Gasteiger partial charge on any atom is 0.222 e. The molecule has 0 N–H and O–H groups in total. The lowest BCUT2D eigenvalue weighted by atomic mass is 10.0. The van der Waals surface area contributed by atoms with Crippen molar-refractivity contribution in [2.45, 2.75) is 38.3 Å². The van der Waals surface area contributed by atoms with Gasteiger partial charge in [-0.15, -0.1) is 10.2 Å². The minimum Gasteiger partial charge on any atom is -0.343 e. The Bertz CT molecular complexity index is 543. The number of rotatable bonds is 5. The lowest BCUT2D eigenvalue weighted by Gasteiger charge is -2.32. The van der Waals surface area contributed by atoms with Crippen LogP contribution in [0.15, 0.2) is 25.3 Å². The number of aromatic nitrogens is 6. The van der Waals surface area contributed by atoms with Crippen LogP contribution in [0.5, 0.6) is 0 Å². The molecule has 8 nitrogen and oxygen atoms in total. The molecule has 1 fully saturated rings. The fraction of sp³-hybridized carbons (Fsp3) is 0.615. The minimum absolute atomic E-state index is 0.234. The van der Waals surface area contributed by atoms with E-state index in [2.05, 4.69) is 20.3 Å². The molecule has 0 radical (unpaired) electrons. The highest BCUT2D eigenvalue weighted by molar-refractivity contribution is 5.76. The maximum atomic E-state index is 12.2. The standard InChI is InChI=1S/C13H19N7O/c21-13(2-1-5-20-9-14-8-17-20)18-6-3-12(4-7-18)19-10-15-16-11-19/h8-12H,1-7H2. The number of carbonyl (C=O) groups is 1. The summed E-state index contributed by atoms with van der Waals surface area (Å²) in [5, 5.41) is 11.7. The Labute approximate surface area is 122 Å². The van der Waals surface area contributed by atoms with Gasteiger partial charge in [-0.25, -0.2) is 4.98 Å². The summed E-state index contributed by atoms with van der Waals surface area (Å²) in [6.45, 7) is 2.36. The number of hydrogen-bond acceptors (Lipinski definition) is 5. The predicted molar refractivity (Wildman–Crippen MR) is 74.1 cm³/mol. The van der Waals surface area contributed by atoms with Gasteiger partial charge >= 0.3 is 0 Å². The first kappa shape index (κ1) is 13.7. The van der Waals surface area contributed by atoms with Crippen LogP contribution >= 0.6 is 0 Å². The van der Waals surface area contributed by atoms with Gasteiger partial charge < -0.3 is 9.47 Å². The Kier molecular flexibility index (Phi) is 4.23. The first-order valence-corrected chi connectivity index (χ1v) is 7.27.